The van der Waals surface area contributed by atoms with Gasteiger partial charge in [-0.25, -0.2) is 9.37 Å². The largest absolute Gasteiger partial charge is 0.352 e. The molecule has 0 bridgehead atoms. The van der Waals surface area contributed by atoms with Crippen LogP contribution in [0.15, 0.2) is 36.7 Å². The lowest BCUT2D eigenvalue weighted by Crippen LogP contribution is -2.38. The van der Waals surface area contributed by atoms with Crippen LogP contribution in [0.25, 0.3) is 0 Å². The Kier molecular flexibility index (Phi) is 5.81. The van der Waals surface area contributed by atoms with Gasteiger partial charge in [-0.15, -0.1) is 0 Å². The number of imidazole rings is 1. The molecule has 0 aliphatic carbocycles. The van der Waals surface area contributed by atoms with Gasteiger partial charge in [-0.05, 0) is 25.5 Å². The minimum absolute atomic E-state index is 0.0395. The average Bonchev–Trinajstić information content (AvgIpc) is 3.05. The van der Waals surface area contributed by atoms with Crippen molar-refractivity contribution in [1.29, 1.82) is 0 Å². The van der Waals surface area contributed by atoms with Gasteiger partial charge >= 0.3 is 0 Å². The van der Waals surface area contributed by atoms with E-state index >= 15 is 0 Å². The SMILES string of the molecule is Cn1ccnc1[C@@H]1CCCN(CCC(=O)NCc2ccccc2F)C1. The van der Waals surface area contributed by atoms with Crippen molar-refractivity contribution in [2.45, 2.75) is 31.7 Å². The normalized spacial score (nSPS) is 18.2. The Balaban J connectivity index is 1.44. The highest BCUT2D eigenvalue weighted by molar-refractivity contribution is 5.76. The summed E-state index contributed by atoms with van der Waals surface area (Å²) in [7, 11) is 2.03. The fraction of sp³-hybridized carbons (Fsp3) is 0.474. The first-order valence-corrected chi connectivity index (χ1v) is 8.83. The third-order valence-corrected chi connectivity index (χ3v) is 4.82. The zero-order valence-corrected chi connectivity index (χ0v) is 14.6. The molecule has 2 heterocycles. The molecular weight excluding hydrogens is 319 g/mol. The molecule has 1 aromatic carbocycles. The molecule has 0 radical (unpaired) electrons. The molecule has 1 fully saturated rings. The van der Waals surface area contributed by atoms with Crippen LogP contribution in [0.3, 0.4) is 0 Å². The summed E-state index contributed by atoms with van der Waals surface area (Å²) in [5.41, 5.74) is 0.517. The standard InChI is InChI=1S/C19H25FN4O/c1-23-12-9-21-19(23)16-6-4-10-24(14-16)11-8-18(25)22-13-15-5-2-3-7-17(15)20/h2-3,5,7,9,12,16H,4,6,8,10-11,13-14H2,1H3,(H,22,25)/t16-/m1/s1. The molecular formula is C19H25FN4O. The average molecular weight is 344 g/mol. The number of nitrogens with zero attached hydrogens (tertiary/aromatic N) is 3. The Hall–Kier alpha value is -2.21. The van der Waals surface area contributed by atoms with Crippen molar-refractivity contribution in [2.75, 3.05) is 19.6 Å². The molecule has 0 spiro atoms. The fourth-order valence-electron chi connectivity index (χ4n) is 3.42. The molecule has 0 saturated carbocycles. The van der Waals surface area contributed by atoms with Crippen molar-refractivity contribution >= 4 is 5.91 Å². The van der Waals surface area contributed by atoms with Gasteiger partial charge in [0.25, 0.3) is 0 Å². The van der Waals surface area contributed by atoms with Gasteiger partial charge < -0.3 is 14.8 Å². The minimum Gasteiger partial charge on any atom is -0.352 e. The second kappa shape index (κ2) is 8.25. The highest BCUT2D eigenvalue weighted by atomic mass is 19.1. The van der Waals surface area contributed by atoms with E-state index < -0.39 is 0 Å². The molecule has 2 aromatic rings. The van der Waals surface area contributed by atoms with Crippen LogP contribution in [0.5, 0.6) is 0 Å². The Bertz CT molecular complexity index is 715. The van der Waals surface area contributed by atoms with E-state index in [4.69, 9.17) is 0 Å². The van der Waals surface area contributed by atoms with Gasteiger partial charge in [0.2, 0.25) is 5.91 Å². The second-order valence-electron chi connectivity index (χ2n) is 6.65. The smallest absolute Gasteiger partial charge is 0.221 e. The van der Waals surface area contributed by atoms with Crippen LogP contribution in [-0.2, 0) is 18.4 Å². The summed E-state index contributed by atoms with van der Waals surface area (Å²) in [5, 5.41) is 2.81. The predicted octanol–water partition coefficient (Wildman–Crippen LogP) is 2.45. The maximum absolute atomic E-state index is 13.6. The highest BCUT2D eigenvalue weighted by Crippen LogP contribution is 2.25. The first kappa shape index (κ1) is 17.6. The molecule has 3 rings (SSSR count). The molecule has 0 unspecified atom stereocenters. The number of hydrogen-bond donors (Lipinski definition) is 1. The number of aromatic nitrogens is 2. The number of carbonyl (C=O) groups is 1. The highest BCUT2D eigenvalue weighted by Gasteiger charge is 2.24. The summed E-state index contributed by atoms with van der Waals surface area (Å²) < 4.78 is 15.6. The summed E-state index contributed by atoms with van der Waals surface area (Å²) in [6.07, 6.45) is 6.51. The molecule has 25 heavy (non-hydrogen) atoms. The van der Waals surface area contributed by atoms with Crippen LogP contribution in [0, 0.1) is 5.82 Å². The van der Waals surface area contributed by atoms with E-state index in [9.17, 15) is 9.18 Å². The summed E-state index contributed by atoms with van der Waals surface area (Å²) in [6.45, 7) is 2.92. The number of carbonyl (C=O) groups excluding carboxylic acids is 1. The molecule has 1 saturated heterocycles. The van der Waals surface area contributed by atoms with E-state index in [-0.39, 0.29) is 18.3 Å². The minimum atomic E-state index is -0.281. The summed E-state index contributed by atoms with van der Waals surface area (Å²) in [6, 6.07) is 6.52. The quantitative estimate of drug-likeness (QED) is 0.876. The molecule has 1 aromatic heterocycles. The Morgan fingerprint density at radius 2 is 2.24 bits per heavy atom. The van der Waals surface area contributed by atoms with Crippen molar-refractivity contribution in [3.05, 3.63) is 53.9 Å². The van der Waals surface area contributed by atoms with Crippen LogP contribution in [0.4, 0.5) is 4.39 Å². The summed E-state index contributed by atoms with van der Waals surface area (Å²) >= 11 is 0. The van der Waals surface area contributed by atoms with E-state index in [0.29, 0.717) is 17.9 Å². The number of aryl methyl sites for hydroxylation is 1. The second-order valence-corrected chi connectivity index (χ2v) is 6.65. The van der Waals surface area contributed by atoms with Crippen LogP contribution in [0.1, 0.15) is 36.6 Å². The Morgan fingerprint density at radius 1 is 1.40 bits per heavy atom. The molecule has 1 N–H and O–H groups in total. The number of benzene rings is 1. The van der Waals surface area contributed by atoms with Crippen LogP contribution in [0.2, 0.25) is 0 Å². The number of halogens is 1. The first-order valence-electron chi connectivity index (χ1n) is 8.83. The van der Waals surface area contributed by atoms with Gasteiger partial charge in [-0.2, -0.15) is 0 Å². The van der Waals surface area contributed by atoms with Gasteiger partial charge in [0.05, 0.1) is 0 Å². The van der Waals surface area contributed by atoms with Crippen molar-refractivity contribution in [3.63, 3.8) is 0 Å². The number of rotatable bonds is 6. The third-order valence-electron chi connectivity index (χ3n) is 4.82. The fourth-order valence-corrected chi connectivity index (χ4v) is 3.42. The molecule has 1 aliphatic rings. The van der Waals surface area contributed by atoms with Crippen molar-refractivity contribution in [1.82, 2.24) is 19.8 Å². The zero-order valence-electron chi connectivity index (χ0n) is 14.6. The van der Waals surface area contributed by atoms with Crippen LogP contribution >= 0.6 is 0 Å². The predicted molar refractivity (Wildman–Crippen MR) is 94.5 cm³/mol. The number of amides is 1. The molecule has 134 valence electrons. The number of piperidine rings is 1. The van der Waals surface area contributed by atoms with Gasteiger partial charge in [-0.3, -0.25) is 4.79 Å². The summed E-state index contributed by atoms with van der Waals surface area (Å²) in [5.74, 6) is 1.23. The zero-order chi connectivity index (χ0) is 17.6. The van der Waals surface area contributed by atoms with E-state index in [1.165, 1.54) is 6.07 Å². The maximum Gasteiger partial charge on any atom is 0.221 e. The molecule has 1 amide bonds. The molecule has 1 atom stereocenters. The Labute approximate surface area is 147 Å². The molecule has 6 heteroatoms. The Morgan fingerprint density at radius 3 is 3.00 bits per heavy atom. The topological polar surface area (TPSA) is 50.2 Å². The van der Waals surface area contributed by atoms with Gasteiger partial charge in [0.15, 0.2) is 0 Å². The molecule has 1 aliphatic heterocycles. The van der Waals surface area contributed by atoms with Gasteiger partial charge in [0.1, 0.15) is 11.6 Å². The van der Waals surface area contributed by atoms with E-state index in [2.05, 4.69) is 19.8 Å². The lowest BCUT2D eigenvalue weighted by Gasteiger charge is -2.32. The van der Waals surface area contributed by atoms with Crippen molar-refractivity contribution in [3.8, 4) is 0 Å². The van der Waals surface area contributed by atoms with E-state index in [1.807, 2.05) is 19.4 Å². The molecule has 5 nitrogen and oxygen atoms in total. The van der Waals surface area contributed by atoms with Crippen molar-refractivity contribution in [2.24, 2.45) is 7.05 Å². The monoisotopic (exact) mass is 344 g/mol. The van der Waals surface area contributed by atoms with E-state index in [0.717, 1.165) is 38.3 Å². The number of hydrogen-bond acceptors (Lipinski definition) is 3. The van der Waals surface area contributed by atoms with Crippen molar-refractivity contribution < 1.29 is 9.18 Å². The van der Waals surface area contributed by atoms with Crippen LogP contribution < -0.4 is 5.32 Å². The third kappa shape index (κ3) is 4.66. The summed E-state index contributed by atoms with van der Waals surface area (Å²) in [4.78, 5) is 18.8. The number of nitrogens with one attached hydrogen (secondary N) is 1. The van der Waals surface area contributed by atoms with E-state index in [1.54, 1.807) is 18.2 Å². The number of likely N-dealkylation sites (tertiary alicyclic amines) is 1. The van der Waals surface area contributed by atoms with Gasteiger partial charge in [0, 0.05) is 57.0 Å². The maximum atomic E-state index is 13.6. The lowest BCUT2D eigenvalue weighted by molar-refractivity contribution is -0.121. The lowest BCUT2D eigenvalue weighted by atomic mass is 9.97. The van der Waals surface area contributed by atoms with Gasteiger partial charge in [-0.1, -0.05) is 18.2 Å². The van der Waals surface area contributed by atoms with Crippen LogP contribution in [-0.4, -0.2) is 40.0 Å². The first-order chi connectivity index (χ1) is 12.1.